The summed E-state index contributed by atoms with van der Waals surface area (Å²) in [4.78, 5) is 66.2. The normalized spacial score (nSPS) is 33.3. The Balaban J connectivity index is 0.681. The Morgan fingerprint density at radius 2 is 1.61 bits per heavy atom. The van der Waals surface area contributed by atoms with Crippen LogP contribution in [0.25, 0.3) is 0 Å². The van der Waals surface area contributed by atoms with E-state index in [0.29, 0.717) is 31.0 Å². The van der Waals surface area contributed by atoms with Crippen LogP contribution < -0.4 is 41.7 Å². The van der Waals surface area contributed by atoms with Gasteiger partial charge in [0.1, 0.15) is 12.3 Å². The lowest BCUT2D eigenvalue weighted by atomic mass is 9.77. The molecule has 344 valence electrons. The van der Waals surface area contributed by atoms with Crippen molar-refractivity contribution in [3.05, 3.63) is 54.6 Å². The number of likely N-dealkylation sites (tertiary alicyclic amines) is 1. The molecule has 0 saturated carbocycles. The third kappa shape index (κ3) is 8.84. The van der Waals surface area contributed by atoms with Crippen LogP contribution in [0.4, 0.5) is 17.1 Å². The number of aromatic nitrogens is 2. The number of carbonyl (C=O) groups is 4. The van der Waals surface area contributed by atoms with Crippen molar-refractivity contribution in [1.82, 2.24) is 51.5 Å². The number of nitrogens with one attached hydrogen (secondary N) is 6. The highest BCUT2D eigenvalue weighted by molar-refractivity contribution is 6.03. The number of nitrogens with zero attached hydrogens (tertiary/aromatic N) is 7. The molecule has 1 aromatic carbocycles. The molecule has 6 unspecified atom stereocenters. The summed E-state index contributed by atoms with van der Waals surface area (Å²) < 4.78 is 0. The van der Waals surface area contributed by atoms with Crippen LogP contribution in [0.5, 0.6) is 0 Å². The molecular formula is C46H65N13O5. The van der Waals surface area contributed by atoms with Gasteiger partial charge in [0, 0.05) is 69.1 Å². The molecule has 10 rings (SSSR count). The van der Waals surface area contributed by atoms with Crippen LogP contribution in [0, 0.1) is 11.3 Å². The second kappa shape index (κ2) is 17.9. The molecule has 8 aliphatic heterocycles. The van der Waals surface area contributed by atoms with Gasteiger partial charge in [-0.25, -0.2) is 9.97 Å². The highest BCUT2D eigenvalue weighted by atomic mass is 16.3. The van der Waals surface area contributed by atoms with E-state index in [-0.39, 0.29) is 61.1 Å². The fourth-order valence-corrected chi connectivity index (χ4v) is 11.7. The molecule has 7 saturated heterocycles. The van der Waals surface area contributed by atoms with E-state index in [1.807, 2.05) is 11.9 Å². The molecule has 1 spiro atoms. The van der Waals surface area contributed by atoms with E-state index in [0.717, 1.165) is 102 Å². The van der Waals surface area contributed by atoms with Crippen molar-refractivity contribution in [3.8, 4) is 0 Å². The second-order valence-corrected chi connectivity index (χ2v) is 19.8. The van der Waals surface area contributed by atoms with Crippen LogP contribution in [-0.4, -0.2) is 148 Å². The van der Waals surface area contributed by atoms with E-state index >= 15 is 0 Å². The summed E-state index contributed by atoms with van der Waals surface area (Å²) in [5.41, 5.74) is 2.68. The Morgan fingerprint density at radius 1 is 0.859 bits per heavy atom. The molecule has 2 bridgehead atoms. The van der Waals surface area contributed by atoms with Crippen molar-refractivity contribution < 1.29 is 24.3 Å². The van der Waals surface area contributed by atoms with E-state index in [9.17, 15) is 24.3 Å². The lowest BCUT2D eigenvalue weighted by Crippen LogP contribution is -2.69. The van der Waals surface area contributed by atoms with Gasteiger partial charge in [-0.1, -0.05) is 12.2 Å². The Bertz CT molecular complexity index is 2070. The van der Waals surface area contributed by atoms with Crippen LogP contribution in [0.3, 0.4) is 0 Å². The first-order valence-corrected chi connectivity index (χ1v) is 23.8. The average Bonchev–Trinajstić information content (AvgIpc) is 3.84. The van der Waals surface area contributed by atoms with Crippen LogP contribution in [-0.2, 0) is 14.4 Å². The number of fused-ring (bicyclic) bond motifs is 6. The molecule has 64 heavy (non-hydrogen) atoms. The number of imide groups is 1. The number of hydrazine groups is 1. The first-order valence-electron chi connectivity index (χ1n) is 23.8. The lowest BCUT2D eigenvalue weighted by Gasteiger charge is -2.47. The Hall–Kier alpha value is -4.72. The number of hydrogen-bond donors (Lipinski definition) is 7. The molecule has 7 atom stereocenters. The van der Waals surface area contributed by atoms with Gasteiger partial charge in [-0.05, 0) is 114 Å². The topological polar surface area (TPSA) is 203 Å². The number of allylic oxidation sites excluding steroid dienone is 1. The Morgan fingerprint density at radius 3 is 2.38 bits per heavy atom. The summed E-state index contributed by atoms with van der Waals surface area (Å²) >= 11 is 0. The highest BCUT2D eigenvalue weighted by Crippen LogP contribution is 2.43. The van der Waals surface area contributed by atoms with Gasteiger partial charge >= 0.3 is 0 Å². The minimum atomic E-state index is -0.809. The number of aliphatic hydroxyl groups is 1. The minimum absolute atomic E-state index is 0.0119. The summed E-state index contributed by atoms with van der Waals surface area (Å²) in [7, 11) is 0. The number of rotatable bonds is 7. The van der Waals surface area contributed by atoms with Crippen LogP contribution in [0.1, 0.15) is 94.6 Å². The number of anilines is 3. The van der Waals surface area contributed by atoms with E-state index in [1.165, 1.54) is 12.1 Å². The van der Waals surface area contributed by atoms with E-state index < -0.39 is 23.5 Å². The largest absolute Gasteiger partial charge is 0.389 e. The number of piperidine rings is 4. The fraction of sp³-hybridized carbons (Fsp3) is 0.652. The van der Waals surface area contributed by atoms with Gasteiger partial charge in [0.05, 0.1) is 48.5 Å². The molecule has 8 aliphatic rings. The Labute approximate surface area is 375 Å². The van der Waals surface area contributed by atoms with Crippen molar-refractivity contribution in [1.29, 1.82) is 0 Å². The summed E-state index contributed by atoms with van der Waals surface area (Å²) in [6, 6.07) is 8.58. The number of hydrogen-bond acceptors (Lipinski definition) is 15. The van der Waals surface area contributed by atoms with Crippen LogP contribution >= 0.6 is 0 Å². The molecule has 0 aliphatic carbocycles. The predicted octanol–water partition coefficient (Wildman–Crippen LogP) is 1.43. The maximum atomic E-state index is 13.8. The second-order valence-electron chi connectivity index (χ2n) is 19.8. The maximum absolute atomic E-state index is 13.8. The van der Waals surface area contributed by atoms with E-state index in [1.54, 1.807) is 12.4 Å². The zero-order valence-electron chi connectivity index (χ0n) is 37.0. The third-order valence-electron chi connectivity index (χ3n) is 15.7. The molecule has 9 heterocycles. The molecule has 7 N–H and O–H groups in total. The van der Waals surface area contributed by atoms with E-state index in [4.69, 9.17) is 0 Å². The number of benzene rings is 1. The number of carbonyl (C=O) groups excluding carboxylic acids is 4. The van der Waals surface area contributed by atoms with Crippen LogP contribution in [0.15, 0.2) is 48.8 Å². The molecule has 2 aromatic rings. The monoisotopic (exact) mass is 880 g/mol. The maximum Gasteiger partial charge on any atom is 0.289 e. The third-order valence-corrected chi connectivity index (χ3v) is 15.7. The van der Waals surface area contributed by atoms with Crippen molar-refractivity contribution in [2.75, 3.05) is 67.5 Å². The summed E-state index contributed by atoms with van der Waals surface area (Å²) in [6.45, 7) is 9.27. The quantitative estimate of drug-likeness (QED) is 0.156. The van der Waals surface area contributed by atoms with Crippen molar-refractivity contribution in [2.24, 2.45) is 11.3 Å². The SMILES string of the molecule is C[C@@]1(O)CC/C=C\CN2C(=O)C3CNC(Nc4ccc(N5CCC(N6CCC7(CCN(c8cnc(C(=O)NC9CCC(=O)NC9=O)nc8)CC7)C6)CC5)cc4)NC3N2C2CCCC1N2. The molecule has 18 nitrogen and oxygen atoms in total. The highest BCUT2D eigenvalue weighted by Gasteiger charge is 2.53. The first-order chi connectivity index (χ1) is 31.0. The molecule has 1 aromatic heterocycles. The van der Waals surface area contributed by atoms with Crippen molar-refractivity contribution in [2.45, 2.75) is 126 Å². The van der Waals surface area contributed by atoms with Gasteiger partial charge in [0.15, 0.2) is 0 Å². The minimum Gasteiger partial charge on any atom is -0.389 e. The summed E-state index contributed by atoms with van der Waals surface area (Å²) in [5, 5.41) is 35.1. The lowest BCUT2D eigenvalue weighted by molar-refractivity contribution is -0.146. The Kier molecular flexibility index (Phi) is 12.1. The predicted molar refractivity (Wildman–Crippen MR) is 240 cm³/mol. The van der Waals surface area contributed by atoms with Crippen molar-refractivity contribution in [3.63, 3.8) is 0 Å². The zero-order valence-corrected chi connectivity index (χ0v) is 37.0. The smallest absolute Gasteiger partial charge is 0.289 e. The van der Waals surface area contributed by atoms with Gasteiger partial charge in [0.2, 0.25) is 23.5 Å². The molecule has 7 fully saturated rings. The van der Waals surface area contributed by atoms with Gasteiger partial charge in [-0.2, -0.15) is 5.01 Å². The van der Waals surface area contributed by atoms with Gasteiger partial charge in [-0.3, -0.25) is 50.4 Å². The van der Waals surface area contributed by atoms with Gasteiger partial charge < -0.3 is 25.5 Å². The summed E-state index contributed by atoms with van der Waals surface area (Å²) in [5.74, 6) is -1.40. The zero-order chi connectivity index (χ0) is 44.0. The standard InChI is InChI=1S/C46H65N13O5/c1-45(64)16-3-2-4-20-58-43(63)34-28-49-44(54-40(34)59(58)37-7-5-6-36(45)52-37)50-30-8-10-31(11-9-30)55-21-14-32(15-22-55)57-25-19-46(29-57)17-23-56(24-18-46)33-26-47-39(48-27-33)42(62)51-35-12-13-38(60)53-41(35)61/h2,4,8-11,26-27,32,34-37,40,44,49-50,52,54,64H,3,5-7,12-25,28-29H2,1H3,(H,51,62)(H,53,60,61)/b4-2-/t34?,35?,36?,37?,40?,44?,45-/m1/s1. The van der Waals surface area contributed by atoms with Gasteiger partial charge in [-0.15, -0.1) is 0 Å². The fourth-order valence-electron chi connectivity index (χ4n) is 11.7. The van der Waals surface area contributed by atoms with Gasteiger partial charge in [0.25, 0.3) is 5.91 Å². The number of amides is 4. The molecule has 4 amide bonds. The molecule has 18 heteroatoms. The van der Waals surface area contributed by atoms with Crippen molar-refractivity contribution >= 4 is 40.7 Å². The summed E-state index contributed by atoms with van der Waals surface area (Å²) in [6.07, 6.45) is 17.7. The first kappa shape index (κ1) is 43.2. The average molecular weight is 880 g/mol. The molecule has 0 radical (unpaired) electrons. The van der Waals surface area contributed by atoms with E-state index in [2.05, 4.69) is 98.0 Å². The van der Waals surface area contributed by atoms with Crippen LogP contribution in [0.2, 0.25) is 0 Å². The molecular weight excluding hydrogens is 815 g/mol.